The maximum Gasteiger partial charge on any atom is 0.141 e. The third kappa shape index (κ3) is 11.3. The van der Waals surface area contributed by atoms with Gasteiger partial charge in [-0.2, -0.15) is 0 Å². The van der Waals surface area contributed by atoms with Crippen molar-refractivity contribution in [2.75, 3.05) is 0 Å². The van der Waals surface area contributed by atoms with E-state index in [-0.39, 0.29) is 5.82 Å². The predicted octanol–water partition coefficient (Wildman–Crippen LogP) is 12.2. The van der Waals surface area contributed by atoms with Gasteiger partial charge in [-0.1, -0.05) is 108 Å². The lowest BCUT2D eigenvalue weighted by molar-refractivity contribution is 0.580. The molecule has 1 N–H and O–H groups in total. The summed E-state index contributed by atoms with van der Waals surface area (Å²) in [6, 6.07) is 11.8. The number of aryl methyl sites for hydroxylation is 1. The first kappa shape index (κ1) is 34.6. The molecular formula is C37H50FNO. The Bertz CT molecular complexity index is 1260. The molecule has 0 atom stereocenters. The van der Waals surface area contributed by atoms with Crippen molar-refractivity contribution in [3.63, 3.8) is 0 Å². The molecule has 0 unspecified atom stereocenters. The zero-order valence-electron chi connectivity index (χ0n) is 25.7. The maximum absolute atomic E-state index is 14.0. The number of allylic oxidation sites excluding steroid dienone is 5. The van der Waals surface area contributed by atoms with Crippen LogP contribution in [-0.2, 0) is 6.42 Å². The van der Waals surface area contributed by atoms with Crippen molar-refractivity contribution in [3.8, 4) is 0 Å². The van der Waals surface area contributed by atoms with Gasteiger partial charge in [-0.3, -0.25) is 0 Å². The van der Waals surface area contributed by atoms with Crippen LogP contribution in [0, 0.1) is 18.2 Å². The highest BCUT2D eigenvalue weighted by Gasteiger charge is 2.15. The number of rotatable bonds is 12. The van der Waals surface area contributed by atoms with Gasteiger partial charge in [0, 0.05) is 22.7 Å². The van der Waals surface area contributed by atoms with E-state index in [2.05, 4.69) is 71.5 Å². The van der Waals surface area contributed by atoms with E-state index in [0.29, 0.717) is 23.3 Å². The number of fused-ring (bicyclic) bond motifs is 1. The lowest BCUT2D eigenvalue weighted by Crippen LogP contribution is -1.89. The first-order valence-electron chi connectivity index (χ1n) is 14.8. The van der Waals surface area contributed by atoms with Crippen LogP contribution in [0.25, 0.3) is 28.7 Å². The Morgan fingerprint density at radius 1 is 1.00 bits per heavy atom. The Kier molecular flexibility index (Phi) is 17.7. The molecule has 0 aliphatic carbocycles. The quantitative estimate of drug-likeness (QED) is 0.179. The highest BCUT2D eigenvalue weighted by Crippen LogP contribution is 2.32. The summed E-state index contributed by atoms with van der Waals surface area (Å²) in [5, 5.41) is 7.81. The van der Waals surface area contributed by atoms with Crippen LogP contribution in [0.3, 0.4) is 0 Å². The van der Waals surface area contributed by atoms with Gasteiger partial charge in [-0.05, 0) is 81.0 Å². The van der Waals surface area contributed by atoms with E-state index in [0.717, 1.165) is 10.9 Å². The monoisotopic (exact) mass is 543 g/mol. The van der Waals surface area contributed by atoms with Crippen molar-refractivity contribution >= 4 is 34.9 Å². The fourth-order valence-electron chi connectivity index (χ4n) is 4.35. The van der Waals surface area contributed by atoms with E-state index < -0.39 is 0 Å². The molecule has 2 nitrogen and oxygen atoms in total. The molecule has 0 radical (unpaired) electrons. The number of hydrogen-bond donors (Lipinski definition) is 1. The predicted molar refractivity (Wildman–Crippen MR) is 177 cm³/mol. The summed E-state index contributed by atoms with van der Waals surface area (Å²) in [6.07, 6.45) is 21.9. The average molecular weight is 544 g/mol. The molecule has 0 fully saturated rings. The van der Waals surface area contributed by atoms with Crippen LogP contribution >= 0.6 is 0 Å². The van der Waals surface area contributed by atoms with Crippen LogP contribution in [0.15, 0.2) is 71.7 Å². The van der Waals surface area contributed by atoms with Crippen molar-refractivity contribution in [2.24, 2.45) is 0 Å². The summed E-state index contributed by atoms with van der Waals surface area (Å²) in [5.74, 6) is 0.379. The van der Waals surface area contributed by atoms with Gasteiger partial charge >= 0.3 is 0 Å². The zero-order chi connectivity index (χ0) is 29.8. The lowest BCUT2D eigenvalue weighted by atomic mass is 10.0. The van der Waals surface area contributed by atoms with Crippen LogP contribution in [0.4, 0.5) is 4.39 Å². The molecule has 0 amide bonds. The minimum atomic E-state index is -0.302. The van der Waals surface area contributed by atoms with Gasteiger partial charge in [0.15, 0.2) is 0 Å². The second-order valence-corrected chi connectivity index (χ2v) is 9.84. The lowest BCUT2D eigenvalue weighted by Gasteiger charge is -2.05. The topological polar surface area (TPSA) is 37.0 Å². The van der Waals surface area contributed by atoms with E-state index in [1.807, 2.05) is 19.1 Å². The highest BCUT2D eigenvalue weighted by atomic mass is 19.1. The van der Waals surface area contributed by atoms with Gasteiger partial charge in [0.05, 0.1) is 0 Å². The van der Waals surface area contributed by atoms with Gasteiger partial charge in [0.2, 0.25) is 0 Å². The van der Waals surface area contributed by atoms with Crippen molar-refractivity contribution < 1.29 is 8.81 Å². The van der Waals surface area contributed by atoms with E-state index >= 15 is 0 Å². The largest absolute Gasteiger partial charge is 0.456 e. The van der Waals surface area contributed by atoms with E-state index in [9.17, 15) is 4.39 Å². The van der Waals surface area contributed by atoms with Gasteiger partial charge in [0.1, 0.15) is 17.2 Å². The van der Waals surface area contributed by atoms with Crippen molar-refractivity contribution in [3.05, 3.63) is 101 Å². The summed E-state index contributed by atoms with van der Waals surface area (Å²) in [7, 11) is 0. The average Bonchev–Trinajstić information content (AvgIpc) is 3.31. The van der Waals surface area contributed by atoms with Crippen LogP contribution in [0.2, 0.25) is 0 Å². The molecule has 0 saturated heterocycles. The second kappa shape index (κ2) is 20.4. The Morgan fingerprint density at radius 2 is 1.70 bits per heavy atom. The van der Waals surface area contributed by atoms with Crippen molar-refractivity contribution in [2.45, 2.75) is 92.9 Å². The third-order valence-electron chi connectivity index (χ3n) is 6.58. The molecule has 0 saturated carbocycles. The Labute approximate surface area is 242 Å². The number of furan rings is 1. The SMILES string of the molecule is C=Cc1c(/C=C\C)oc2c(C/C=C\C=N)c(F)ccc12.CCCCC.CCCCC/C=C(\C)c1ccccc1C. The number of benzene rings is 2. The molecule has 1 aromatic heterocycles. The standard InChI is InChI=1S/C17H16FNO.C15H22.C5H12/c1-3-7-16-12(4-2)13-9-10-15(18)14(17(13)20-16)8-5-6-11-19;1-4-5-6-7-10-13(2)15-12-9-8-11-14(15)3;1-3-5-4-2/h3-7,9-11,19H,2,8H2,1H3;8-12H,4-7H2,1-3H3;3-5H2,1-2H3/b6-5-,7-3-,19-11?;13-10+;. The third-order valence-corrected chi connectivity index (χ3v) is 6.58. The Hall–Kier alpha value is -3.46. The fourth-order valence-corrected chi connectivity index (χ4v) is 4.35. The first-order chi connectivity index (χ1) is 19.4. The Balaban J connectivity index is 0.000000353. The number of halogens is 1. The van der Waals surface area contributed by atoms with Gasteiger partial charge in [-0.25, -0.2) is 4.39 Å². The van der Waals surface area contributed by atoms with Crippen molar-refractivity contribution in [1.29, 1.82) is 5.41 Å². The fraction of sp³-hybridized carbons (Fsp3) is 0.378. The van der Waals surface area contributed by atoms with Crippen LogP contribution in [-0.4, -0.2) is 6.21 Å². The summed E-state index contributed by atoms with van der Waals surface area (Å²) in [6.45, 7) is 16.8. The molecule has 3 aromatic rings. The molecule has 3 rings (SSSR count). The molecule has 0 bridgehead atoms. The molecule has 1 heterocycles. The number of unbranched alkanes of at least 4 members (excludes halogenated alkanes) is 5. The maximum atomic E-state index is 14.0. The molecule has 2 aromatic carbocycles. The Morgan fingerprint density at radius 3 is 2.27 bits per heavy atom. The second-order valence-electron chi connectivity index (χ2n) is 9.84. The van der Waals surface area contributed by atoms with Crippen molar-refractivity contribution in [1.82, 2.24) is 0 Å². The summed E-state index contributed by atoms with van der Waals surface area (Å²) >= 11 is 0. The van der Waals surface area contributed by atoms with Crippen LogP contribution < -0.4 is 0 Å². The minimum Gasteiger partial charge on any atom is -0.456 e. The van der Waals surface area contributed by atoms with Gasteiger partial charge < -0.3 is 9.83 Å². The highest BCUT2D eigenvalue weighted by molar-refractivity contribution is 5.92. The van der Waals surface area contributed by atoms with Crippen LogP contribution in [0.5, 0.6) is 0 Å². The smallest absolute Gasteiger partial charge is 0.141 e. The minimum absolute atomic E-state index is 0.302. The van der Waals surface area contributed by atoms with E-state index in [1.54, 1.807) is 24.3 Å². The molecule has 3 heteroatoms. The molecule has 40 heavy (non-hydrogen) atoms. The zero-order valence-corrected chi connectivity index (χ0v) is 25.7. The summed E-state index contributed by atoms with van der Waals surface area (Å²) < 4.78 is 19.8. The number of nitrogens with one attached hydrogen (secondary N) is 1. The van der Waals surface area contributed by atoms with E-state index in [1.165, 1.54) is 73.9 Å². The van der Waals surface area contributed by atoms with Gasteiger partial charge in [0.25, 0.3) is 0 Å². The van der Waals surface area contributed by atoms with E-state index in [4.69, 9.17) is 9.83 Å². The summed E-state index contributed by atoms with van der Waals surface area (Å²) in [5.41, 5.74) is 6.11. The normalized spacial score (nSPS) is 11.3. The molecular weight excluding hydrogens is 493 g/mol. The molecule has 0 aliphatic rings. The number of hydrogen-bond acceptors (Lipinski definition) is 2. The molecule has 0 spiro atoms. The first-order valence-corrected chi connectivity index (χ1v) is 14.8. The van der Waals surface area contributed by atoms with Crippen LogP contribution in [0.1, 0.15) is 108 Å². The van der Waals surface area contributed by atoms with Gasteiger partial charge in [-0.15, -0.1) is 0 Å². The summed E-state index contributed by atoms with van der Waals surface area (Å²) in [4.78, 5) is 0. The molecule has 216 valence electrons. The molecule has 0 aliphatic heterocycles.